The van der Waals surface area contributed by atoms with Gasteiger partial charge in [0.15, 0.2) is 0 Å². The van der Waals surface area contributed by atoms with Crippen LogP contribution in [0.1, 0.15) is 10.4 Å². The summed E-state index contributed by atoms with van der Waals surface area (Å²) in [6.07, 6.45) is 0. The zero-order valence-electron chi connectivity index (χ0n) is 17.8. The van der Waals surface area contributed by atoms with Crippen molar-refractivity contribution in [1.29, 1.82) is 0 Å². The fraction of sp³-hybridized carbons (Fsp3) is 0.208. The minimum absolute atomic E-state index is 0.0542. The van der Waals surface area contributed by atoms with Crippen LogP contribution in [0.15, 0.2) is 83.8 Å². The number of hydrogen-bond donors (Lipinski definition) is 1. The van der Waals surface area contributed by atoms with Crippen molar-refractivity contribution < 1.29 is 17.9 Å². The largest absolute Gasteiger partial charge is 0.378 e. The highest BCUT2D eigenvalue weighted by atomic mass is 32.2. The molecule has 1 saturated heterocycles. The van der Waals surface area contributed by atoms with Crippen molar-refractivity contribution >= 4 is 33.0 Å². The maximum absolute atomic E-state index is 13.1. The molecule has 0 aromatic heterocycles. The maximum atomic E-state index is 13.1. The molecule has 7 nitrogen and oxygen atoms in total. The summed E-state index contributed by atoms with van der Waals surface area (Å²) >= 11 is 0. The maximum Gasteiger partial charge on any atom is 0.264 e. The van der Waals surface area contributed by atoms with Gasteiger partial charge in [-0.15, -0.1) is 0 Å². The molecular formula is C24H25N3O4S. The van der Waals surface area contributed by atoms with Crippen LogP contribution in [0, 0.1) is 0 Å². The van der Waals surface area contributed by atoms with Crippen LogP contribution in [0.4, 0.5) is 17.1 Å². The Balaban J connectivity index is 1.53. The normalized spacial score (nSPS) is 14.1. The second-order valence-corrected chi connectivity index (χ2v) is 9.41. The monoisotopic (exact) mass is 451 g/mol. The van der Waals surface area contributed by atoms with Crippen molar-refractivity contribution in [2.45, 2.75) is 4.90 Å². The number of sulfonamides is 1. The molecular weight excluding hydrogens is 426 g/mol. The molecule has 166 valence electrons. The fourth-order valence-corrected chi connectivity index (χ4v) is 4.78. The molecule has 0 unspecified atom stereocenters. The van der Waals surface area contributed by atoms with Crippen LogP contribution in [0.25, 0.3) is 0 Å². The van der Waals surface area contributed by atoms with Gasteiger partial charge in [-0.1, -0.05) is 30.3 Å². The third-order valence-corrected chi connectivity index (χ3v) is 7.14. The van der Waals surface area contributed by atoms with Crippen LogP contribution in [-0.4, -0.2) is 47.7 Å². The van der Waals surface area contributed by atoms with E-state index in [1.807, 2.05) is 30.3 Å². The Hall–Kier alpha value is -3.36. The summed E-state index contributed by atoms with van der Waals surface area (Å²) in [6.45, 7) is 2.95. The minimum atomic E-state index is -3.81. The van der Waals surface area contributed by atoms with Gasteiger partial charge in [-0.25, -0.2) is 8.42 Å². The van der Waals surface area contributed by atoms with Gasteiger partial charge in [0.05, 0.1) is 23.8 Å². The zero-order valence-corrected chi connectivity index (χ0v) is 18.6. The van der Waals surface area contributed by atoms with E-state index in [2.05, 4.69) is 10.2 Å². The molecule has 32 heavy (non-hydrogen) atoms. The Kier molecular flexibility index (Phi) is 6.43. The number of carbonyl (C=O) groups excluding carboxylic acids is 1. The van der Waals surface area contributed by atoms with Gasteiger partial charge in [0.25, 0.3) is 15.9 Å². The lowest BCUT2D eigenvalue weighted by atomic mass is 10.2. The summed E-state index contributed by atoms with van der Waals surface area (Å²) in [5.41, 5.74) is 2.46. The third kappa shape index (κ3) is 4.76. The summed E-state index contributed by atoms with van der Waals surface area (Å²) in [4.78, 5) is 15.1. The first-order valence-corrected chi connectivity index (χ1v) is 11.8. The Morgan fingerprint density at radius 1 is 0.938 bits per heavy atom. The summed E-state index contributed by atoms with van der Waals surface area (Å²) in [7, 11) is -2.31. The zero-order chi connectivity index (χ0) is 22.6. The molecule has 0 spiro atoms. The molecule has 0 radical (unpaired) electrons. The van der Waals surface area contributed by atoms with Gasteiger partial charge in [0.1, 0.15) is 0 Å². The first-order valence-electron chi connectivity index (χ1n) is 10.3. The first kappa shape index (κ1) is 21.9. The van der Waals surface area contributed by atoms with E-state index in [0.717, 1.165) is 18.8 Å². The van der Waals surface area contributed by atoms with Crippen molar-refractivity contribution in [3.8, 4) is 0 Å². The van der Waals surface area contributed by atoms with Gasteiger partial charge in [-0.2, -0.15) is 0 Å². The number of anilines is 3. The highest BCUT2D eigenvalue weighted by molar-refractivity contribution is 7.92. The van der Waals surface area contributed by atoms with Crippen molar-refractivity contribution in [3.63, 3.8) is 0 Å². The number of para-hydroxylation sites is 1. The summed E-state index contributed by atoms with van der Waals surface area (Å²) < 4.78 is 32.7. The number of rotatable bonds is 6. The van der Waals surface area contributed by atoms with E-state index in [1.165, 1.54) is 23.5 Å². The van der Waals surface area contributed by atoms with Crippen LogP contribution in [0.2, 0.25) is 0 Å². The van der Waals surface area contributed by atoms with Crippen molar-refractivity contribution in [1.82, 2.24) is 0 Å². The molecule has 0 saturated carbocycles. The number of morpholine rings is 1. The van der Waals surface area contributed by atoms with Crippen molar-refractivity contribution in [2.75, 3.05) is 47.9 Å². The lowest BCUT2D eigenvalue weighted by Crippen LogP contribution is -2.36. The summed E-state index contributed by atoms with van der Waals surface area (Å²) in [5.74, 6) is -0.372. The predicted octanol–water partition coefficient (Wildman–Crippen LogP) is 3.60. The molecule has 1 N–H and O–H groups in total. The number of amides is 1. The smallest absolute Gasteiger partial charge is 0.264 e. The molecule has 8 heteroatoms. The van der Waals surface area contributed by atoms with E-state index in [-0.39, 0.29) is 16.4 Å². The van der Waals surface area contributed by atoms with Crippen LogP contribution < -0.4 is 14.5 Å². The van der Waals surface area contributed by atoms with Crippen LogP contribution in [0.5, 0.6) is 0 Å². The molecule has 3 aromatic carbocycles. The predicted molar refractivity (Wildman–Crippen MR) is 126 cm³/mol. The molecule has 0 bridgehead atoms. The number of carbonyl (C=O) groups is 1. The second kappa shape index (κ2) is 9.42. The van der Waals surface area contributed by atoms with E-state index in [9.17, 15) is 13.2 Å². The molecule has 3 aromatic rings. The number of nitrogens with zero attached hydrogens (tertiary/aromatic N) is 2. The fourth-order valence-electron chi connectivity index (χ4n) is 3.54. The van der Waals surface area contributed by atoms with E-state index in [1.54, 1.807) is 36.4 Å². The molecule has 0 aliphatic carbocycles. The third-order valence-electron chi connectivity index (χ3n) is 5.35. The van der Waals surface area contributed by atoms with Crippen LogP contribution in [-0.2, 0) is 14.8 Å². The Morgan fingerprint density at radius 3 is 2.41 bits per heavy atom. The first-order chi connectivity index (χ1) is 15.4. The van der Waals surface area contributed by atoms with Gasteiger partial charge < -0.3 is 15.0 Å². The molecule has 1 heterocycles. The number of hydrogen-bond acceptors (Lipinski definition) is 5. The van der Waals surface area contributed by atoms with Gasteiger partial charge in [0.2, 0.25) is 0 Å². The number of benzene rings is 3. The van der Waals surface area contributed by atoms with Gasteiger partial charge in [-0.05, 0) is 48.5 Å². The molecule has 4 rings (SSSR count). The average molecular weight is 452 g/mol. The molecule has 0 atom stereocenters. The summed E-state index contributed by atoms with van der Waals surface area (Å²) in [5, 5.41) is 2.87. The van der Waals surface area contributed by atoms with Gasteiger partial charge >= 0.3 is 0 Å². The Bertz CT molecular complexity index is 1190. The second-order valence-electron chi connectivity index (χ2n) is 7.44. The Morgan fingerprint density at radius 2 is 1.66 bits per heavy atom. The van der Waals surface area contributed by atoms with Crippen LogP contribution in [0.3, 0.4) is 0 Å². The summed E-state index contributed by atoms with van der Waals surface area (Å²) in [6, 6.07) is 22.5. The lowest BCUT2D eigenvalue weighted by molar-refractivity contribution is 0.102. The standard InChI is InChI=1S/C24H25N3O4S/c1-26(21-9-3-2-4-10-21)32(29,30)23-12-5-7-19(17-23)24(28)25-20-8-6-11-22(18-20)27-13-15-31-16-14-27/h2-12,17-18H,13-16H2,1H3,(H,25,28). The van der Waals surface area contributed by atoms with E-state index in [0.29, 0.717) is 24.6 Å². The van der Waals surface area contributed by atoms with Gasteiger partial charge in [-0.3, -0.25) is 9.10 Å². The highest BCUT2D eigenvalue weighted by Crippen LogP contribution is 2.24. The van der Waals surface area contributed by atoms with Crippen LogP contribution >= 0.6 is 0 Å². The molecule has 1 aliphatic heterocycles. The van der Waals surface area contributed by atoms with E-state index in [4.69, 9.17) is 4.74 Å². The van der Waals surface area contributed by atoms with Crippen molar-refractivity contribution in [3.05, 3.63) is 84.4 Å². The SMILES string of the molecule is CN(c1ccccc1)S(=O)(=O)c1cccc(C(=O)Nc2cccc(N3CCOCC3)c2)c1. The van der Waals surface area contributed by atoms with Gasteiger partial charge in [0, 0.05) is 37.1 Å². The Labute approximate surface area is 188 Å². The number of nitrogens with one attached hydrogen (secondary N) is 1. The molecule has 1 fully saturated rings. The topological polar surface area (TPSA) is 79.0 Å². The van der Waals surface area contributed by atoms with Crippen molar-refractivity contribution in [2.24, 2.45) is 0 Å². The van der Waals surface area contributed by atoms with E-state index >= 15 is 0 Å². The highest BCUT2D eigenvalue weighted by Gasteiger charge is 2.22. The quantitative estimate of drug-likeness (QED) is 0.620. The number of ether oxygens (including phenoxy) is 1. The molecule has 1 amide bonds. The van der Waals surface area contributed by atoms with E-state index < -0.39 is 10.0 Å². The minimum Gasteiger partial charge on any atom is -0.378 e. The molecule has 1 aliphatic rings. The lowest BCUT2D eigenvalue weighted by Gasteiger charge is -2.29. The average Bonchev–Trinajstić information content (AvgIpc) is 2.85.